The Morgan fingerprint density at radius 2 is 2.21 bits per heavy atom. The highest BCUT2D eigenvalue weighted by molar-refractivity contribution is 5.72. The van der Waals surface area contributed by atoms with Crippen molar-refractivity contribution < 1.29 is 14.6 Å². The third-order valence-electron chi connectivity index (χ3n) is 3.49. The second-order valence-corrected chi connectivity index (χ2v) is 4.36. The minimum atomic E-state index is -0.720. The molecular formula is C10H17NO3. The minimum absolute atomic E-state index is 0.350. The van der Waals surface area contributed by atoms with Crippen LogP contribution in [0.4, 0.5) is 0 Å². The van der Waals surface area contributed by atoms with Gasteiger partial charge in [-0.15, -0.1) is 0 Å². The van der Waals surface area contributed by atoms with Gasteiger partial charge in [0.15, 0.2) is 0 Å². The first-order valence-electron chi connectivity index (χ1n) is 5.23. The fourth-order valence-corrected chi connectivity index (χ4v) is 2.40. The zero-order valence-electron chi connectivity index (χ0n) is 8.48. The Morgan fingerprint density at radius 1 is 1.50 bits per heavy atom. The van der Waals surface area contributed by atoms with Crippen LogP contribution >= 0.6 is 0 Å². The molecule has 0 aromatic heterocycles. The fourth-order valence-electron chi connectivity index (χ4n) is 2.40. The number of likely N-dealkylation sites (tertiary alicyclic amines) is 1. The van der Waals surface area contributed by atoms with Crippen molar-refractivity contribution in [1.82, 2.24) is 4.90 Å². The highest BCUT2D eigenvalue weighted by Crippen LogP contribution is 2.29. The molecule has 0 amide bonds. The molecule has 0 spiro atoms. The maximum Gasteiger partial charge on any atom is 0.320 e. The summed E-state index contributed by atoms with van der Waals surface area (Å²) in [5.74, 6) is 0.514. The number of fused-ring (bicyclic) bond motifs is 1. The molecule has 2 rings (SSSR count). The Kier molecular flexibility index (Phi) is 2.74. The van der Waals surface area contributed by atoms with Crippen molar-refractivity contribution >= 4 is 5.97 Å². The number of nitrogens with zero attached hydrogens (tertiary/aromatic N) is 1. The normalized spacial score (nSPS) is 35.2. The lowest BCUT2D eigenvalue weighted by molar-refractivity contribution is -0.143. The van der Waals surface area contributed by atoms with Gasteiger partial charge in [0.05, 0.1) is 6.61 Å². The largest absolute Gasteiger partial charge is 0.480 e. The van der Waals surface area contributed by atoms with Gasteiger partial charge in [-0.25, -0.2) is 0 Å². The van der Waals surface area contributed by atoms with E-state index in [4.69, 9.17) is 9.84 Å². The predicted molar refractivity (Wildman–Crippen MR) is 51.1 cm³/mol. The van der Waals surface area contributed by atoms with Crippen LogP contribution in [-0.2, 0) is 9.53 Å². The number of aliphatic carboxylic acids is 1. The first-order valence-corrected chi connectivity index (χ1v) is 5.23. The van der Waals surface area contributed by atoms with E-state index in [2.05, 4.69) is 4.90 Å². The lowest BCUT2D eigenvalue weighted by Gasteiger charge is -2.36. The van der Waals surface area contributed by atoms with Crippen LogP contribution in [0.3, 0.4) is 0 Å². The lowest BCUT2D eigenvalue weighted by atomic mass is 9.88. The highest BCUT2D eigenvalue weighted by Gasteiger charge is 2.36. The highest BCUT2D eigenvalue weighted by atomic mass is 16.5. The van der Waals surface area contributed by atoms with Crippen molar-refractivity contribution in [2.75, 3.05) is 26.3 Å². The topological polar surface area (TPSA) is 49.8 Å². The van der Waals surface area contributed by atoms with Crippen molar-refractivity contribution in [2.45, 2.75) is 19.4 Å². The molecular weight excluding hydrogens is 182 g/mol. The van der Waals surface area contributed by atoms with Crippen LogP contribution in [0.15, 0.2) is 0 Å². The van der Waals surface area contributed by atoms with Crippen LogP contribution in [0.25, 0.3) is 0 Å². The summed E-state index contributed by atoms with van der Waals surface area (Å²) in [5.41, 5.74) is 0. The SMILES string of the molecule is CC(C(=O)O)N1CCC2COCC2C1. The molecule has 2 aliphatic rings. The average Bonchev–Trinajstić information content (AvgIpc) is 2.62. The van der Waals surface area contributed by atoms with Crippen molar-refractivity contribution in [3.05, 3.63) is 0 Å². The number of rotatable bonds is 2. The summed E-state index contributed by atoms with van der Waals surface area (Å²) in [6, 6.07) is -0.350. The third kappa shape index (κ3) is 1.77. The molecule has 3 atom stereocenters. The van der Waals surface area contributed by atoms with E-state index in [1.807, 2.05) is 0 Å². The summed E-state index contributed by atoms with van der Waals surface area (Å²) in [5, 5.41) is 8.90. The molecule has 0 aromatic carbocycles. The summed E-state index contributed by atoms with van der Waals surface area (Å²) in [7, 11) is 0. The summed E-state index contributed by atoms with van der Waals surface area (Å²) in [6.07, 6.45) is 1.09. The number of carboxylic acids is 1. The van der Waals surface area contributed by atoms with Crippen molar-refractivity contribution in [3.8, 4) is 0 Å². The minimum Gasteiger partial charge on any atom is -0.480 e. The van der Waals surface area contributed by atoms with Crippen LogP contribution in [0.1, 0.15) is 13.3 Å². The Morgan fingerprint density at radius 3 is 2.93 bits per heavy atom. The molecule has 0 aliphatic carbocycles. The van der Waals surface area contributed by atoms with Gasteiger partial charge in [-0.3, -0.25) is 9.69 Å². The third-order valence-corrected chi connectivity index (χ3v) is 3.49. The molecule has 3 unspecified atom stereocenters. The lowest BCUT2D eigenvalue weighted by Crippen LogP contribution is -2.47. The number of ether oxygens (including phenoxy) is 1. The van der Waals surface area contributed by atoms with E-state index in [0.717, 1.165) is 32.7 Å². The summed E-state index contributed by atoms with van der Waals surface area (Å²) >= 11 is 0. The zero-order valence-corrected chi connectivity index (χ0v) is 8.48. The second kappa shape index (κ2) is 3.87. The van der Waals surface area contributed by atoms with Gasteiger partial charge in [-0.2, -0.15) is 0 Å². The molecule has 0 aromatic rings. The van der Waals surface area contributed by atoms with Gasteiger partial charge < -0.3 is 9.84 Å². The molecule has 0 radical (unpaired) electrons. The number of hydrogen-bond acceptors (Lipinski definition) is 3. The van der Waals surface area contributed by atoms with Gasteiger partial charge in [0, 0.05) is 19.1 Å². The Bertz CT molecular complexity index is 231. The molecule has 4 heteroatoms. The summed E-state index contributed by atoms with van der Waals surface area (Å²) < 4.78 is 5.41. The predicted octanol–water partition coefficient (Wildman–Crippen LogP) is 0.428. The molecule has 2 aliphatic heterocycles. The summed E-state index contributed by atoms with van der Waals surface area (Å²) in [6.45, 7) is 5.24. The van der Waals surface area contributed by atoms with Crippen LogP contribution in [-0.4, -0.2) is 48.3 Å². The van der Waals surface area contributed by atoms with Gasteiger partial charge in [0.25, 0.3) is 0 Å². The van der Waals surface area contributed by atoms with Crippen molar-refractivity contribution in [1.29, 1.82) is 0 Å². The monoisotopic (exact) mass is 199 g/mol. The van der Waals surface area contributed by atoms with Crippen molar-refractivity contribution in [3.63, 3.8) is 0 Å². The van der Waals surface area contributed by atoms with Gasteiger partial charge in [-0.1, -0.05) is 0 Å². The van der Waals surface area contributed by atoms with E-state index < -0.39 is 5.97 Å². The Balaban J connectivity index is 1.94. The number of carboxylic acid groups (broad SMARTS) is 1. The molecule has 0 saturated carbocycles. The number of hydrogen-bond donors (Lipinski definition) is 1. The van der Waals surface area contributed by atoms with E-state index in [9.17, 15) is 4.79 Å². The van der Waals surface area contributed by atoms with E-state index in [1.165, 1.54) is 0 Å². The molecule has 14 heavy (non-hydrogen) atoms. The fraction of sp³-hybridized carbons (Fsp3) is 0.900. The average molecular weight is 199 g/mol. The first-order chi connectivity index (χ1) is 6.68. The van der Waals surface area contributed by atoms with E-state index in [1.54, 1.807) is 6.92 Å². The van der Waals surface area contributed by atoms with E-state index >= 15 is 0 Å². The van der Waals surface area contributed by atoms with E-state index in [-0.39, 0.29) is 6.04 Å². The smallest absolute Gasteiger partial charge is 0.320 e. The molecule has 2 fully saturated rings. The second-order valence-electron chi connectivity index (χ2n) is 4.36. The molecule has 0 bridgehead atoms. The van der Waals surface area contributed by atoms with Gasteiger partial charge in [-0.05, 0) is 25.8 Å². The van der Waals surface area contributed by atoms with Gasteiger partial charge >= 0.3 is 5.97 Å². The molecule has 80 valence electrons. The summed E-state index contributed by atoms with van der Waals surface area (Å²) in [4.78, 5) is 12.9. The van der Waals surface area contributed by atoms with Crippen LogP contribution < -0.4 is 0 Å². The molecule has 1 N–H and O–H groups in total. The van der Waals surface area contributed by atoms with E-state index in [0.29, 0.717) is 11.8 Å². The number of carbonyl (C=O) groups is 1. The maximum atomic E-state index is 10.8. The zero-order chi connectivity index (χ0) is 10.1. The quantitative estimate of drug-likeness (QED) is 0.700. The van der Waals surface area contributed by atoms with Crippen LogP contribution in [0.2, 0.25) is 0 Å². The molecule has 4 nitrogen and oxygen atoms in total. The van der Waals surface area contributed by atoms with Crippen LogP contribution in [0, 0.1) is 11.8 Å². The van der Waals surface area contributed by atoms with Crippen molar-refractivity contribution in [2.24, 2.45) is 11.8 Å². The Hall–Kier alpha value is -0.610. The molecule has 2 saturated heterocycles. The van der Waals surface area contributed by atoms with Gasteiger partial charge in [0.2, 0.25) is 0 Å². The number of piperidine rings is 1. The standard InChI is InChI=1S/C10H17NO3/c1-7(10(12)13)11-3-2-8-5-14-6-9(8)4-11/h7-9H,2-6H2,1H3,(H,12,13). The van der Waals surface area contributed by atoms with Gasteiger partial charge in [0.1, 0.15) is 6.04 Å². The maximum absolute atomic E-state index is 10.8. The van der Waals surface area contributed by atoms with Crippen LogP contribution in [0.5, 0.6) is 0 Å². The first kappa shape index (κ1) is 9.93. The Labute approximate surface area is 83.8 Å². The molecule has 2 heterocycles.